The summed E-state index contributed by atoms with van der Waals surface area (Å²) in [5.41, 5.74) is 9.20. The summed E-state index contributed by atoms with van der Waals surface area (Å²) in [5, 5.41) is 13.1. The van der Waals surface area contributed by atoms with Crippen molar-refractivity contribution < 1.29 is 18.3 Å². The summed E-state index contributed by atoms with van der Waals surface area (Å²) in [4.78, 5) is 13.3. The molecule has 0 aliphatic carbocycles. The first kappa shape index (κ1) is 19.5. The van der Waals surface area contributed by atoms with Crippen molar-refractivity contribution in [3.63, 3.8) is 0 Å². The van der Waals surface area contributed by atoms with Gasteiger partial charge in [-0.2, -0.15) is 0 Å². The predicted molar refractivity (Wildman–Crippen MR) is 98.3 cm³/mol. The van der Waals surface area contributed by atoms with Gasteiger partial charge in [-0.25, -0.2) is 13.5 Å². The van der Waals surface area contributed by atoms with Crippen LogP contribution in [0.2, 0.25) is 0 Å². The number of hydrogen-bond donors (Lipinski definition) is 1. The molecule has 28 heavy (non-hydrogen) atoms. The Morgan fingerprint density at radius 1 is 1.43 bits per heavy atom. The minimum absolute atomic E-state index is 0.0153. The van der Waals surface area contributed by atoms with Gasteiger partial charge in [-0.15, -0.1) is 5.10 Å². The van der Waals surface area contributed by atoms with Crippen LogP contribution in [0.25, 0.3) is 21.7 Å². The third-order valence-corrected chi connectivity index (χ3v) is 4.20. The van der Waals surface area contributed by atoms with Gasteiger partial charge in [0.2, 0.25) is 0 Å². The zero-order valence-electron chi connectivity index (χ0n) is 14.3. The molecule has 12 heteroatoms. The highest BCUT2D eigenvalue weighted by atomic mass is 32.1. The summed E-state index contributed by atoms with van der Waals surface area (Å²) in [6, 6.07) is 2.33. The van der Waals surface area contributed by atoms with Crippen LogP contribution in [0.4, 0.5) is 8.78 Å². The van der Waals surface area contributed by atoms with Crippen LogP contribution in [0.5, 0.6) is 0 Å². The summed E-state index contributed by atoms with van der Waals surface area (Å²) in [6.07, 6.45) is 3.51. The average molecular weight is 405 g/mol. The molecule has 1 amide bonds. The summed E-state index contributed by atoms with van der Waals surface area (Å²) in [5.74, 6) is -2.34. The normalized spacial score (nSPS) is 13.4. The standard InChI is InChI=1S/C16H13F2N7O2S/c17-12-5-11(6-13(18)14(12)9-1-3-27-4-2-9)25-8-10(21-24-25)7-20-16(28)15(26)22-23-19/h1,5-6,8H,2-4,7H2,(H,20,28). The molecule has 1 aliphatic heterocycles. The molecular weight excluding hydrogens is 392 g/mol. The summed E-state index contributed by atoms with van der Waals surface area (Å²) < 4.78 is 35.4. The lowest BCUT2D eigenvalue weighted by atomic mass is 10.00. The molecule has 1 N–H and O–H groups in total. The molecule has 1 aliphatic rings. The molecular formula is C16H13F2N7O2S. The molecule has 144 valence electrons. The Hall–Kier alpha value is -3.21. The van der Waals surface area contributed by atoms with E-state index in [0.717, 1.165) is 12.1 Å². The van der Waals surface area contributed by atoms with Crippen molar-refractivity contribution >= 4 is 28.7 Å². The number of hydrogen-bond acceptors (Lipinski definition) is 5. The van der Waals surface area contributed by atoms with E-state index in [4.69, 9.17) is 22.5 Å². The highest BCUT2D eigenvalue weighted by Crippen LogP contribution is 2.28. The number of nitrogens with one attached hydrogen (secondary N) is 1. The second-order valence-corrected chi connectivity index (χ2v) is 6.08. The molecule has 1 aromatic carbocycles. The molecule has 0 spiro atoms. The van der Waals surface area contributed by atoms with Crippen LogP contribution >= 0.6 is 12.2 Å². The van der Waals surface area contributed by atoms with Gasteiger partial charge in [-0.1, -0.05) is 23.5 Å². The van der Waals surface area contributed by atoms with Crippen LogP contribution in [0.15, 0.2) is 29.5 Å². The van der Waals surface area contributed by atoms with Gasteiger partial charge in [-0.05, 0) is 22.6 Å². The van der Waals surface area contributed by atoms with Gasteiger partial charge in [0, 0.05) is 22.6 Å². The average Bonchev–Trinajstić information content (AvgIpc) is 3.15. The van der Waals surface area contributed by atoms with Crippen molar-refractivity contribution in [2.75, 3.05) is 13.2 Å². The molecule has 1 aromatic heterocycles. The van der Waals surface area contributed by atoms with Crippen molar-refractivity contribution in [1.29, 1.82) is 0 Å². The first-order valence-corrected chi connectivity index (χ1v) is 8.45. The van der Waals surface area contributed by atoms with Crippen molar-refractivity contribution in [1.82, 2.24) is 20.3 Å². The number of carbonyl (C=O) groups excluding carboxylic acids is 1. The molecule has 9 nitrogen and oxygen atoms in total. The number of amides is 1. The van der Waals surface area contributed by atoms with Crippen molar-refractivity contribution in [2.45, 2.75) is 13.0 Å². The lowest BCUT2D eigenvalue weighted by Crippen LogP contribution is -2.27. The smallest absolute Gasteiger partial charge is 0.276 e. The number of nitrogens with zero attached hydrogens (tertiary/aromatic N) is 6. The molecule has 0 saturated carbocycles. The second-order valence-electron chi connectivity index (χ2n) is 5.67. The molecule has 2 aromatic rings. The Morgan fingerprint density at radius 3 is 2.82 bits per heavy atom. The van der Waals surface area contributed by atoms with Crippen molar-refractivity contribution in [3.8, 4) is 5.69 Å². The maximum atomic E-state index is 14.5. The van der Waals surface area contributed by atoms with Gasteiger partial charge in [0.25, 0.3) is 5.91 Å². The first-order chi connectivity index (χ1) is 13.5. The largest absolute Gasteiger partial charge is 0.377 e. The summed E-state index contributed by atoms with van der Waals surface area (Å²) in [7, 11) is 0. The number of carbonyl (C=O) groups is 1. The zero-order valence-corrected chi connectivity index (χ0v) is 15.1. The maximum Gasteiger partial charge on any atom is 0.276 e. The topological polar surface area (TPSA) is 118 Å². The first-order valence-electron chi connectivity index (χ1n) is 8.04. The van der Waals surface area contributed by atoms with Crippen LogP contribution in [0.3, 0.4) is 0 Å². The van der Waals surface area contributed by atoms with E-state index in [1.807, 2.05) is 0 Å². The zero-order chi connectivity index (χ0) is 20.1. The molecule has 0 fully saturated rings. The lowest BCUT2D eigenvalue weighted by Gasteiger charge is -2.15. The number of benzene rings is 1. The van der Waals surface area contributed by atoms with Gasteiger partial charge in [0.1, 0.15) is 22.3 Å². The van der Waals surface area contributed by atoms with E-state index in [2.05, 4.69) is 25.7 Å². The number of halogens is 2. The monoisotopic (exact) mass is 405 g/mol. The lowest BCUT2D eigenvalue weighted by molar-refractivity contribution is -0.111. The van der Waals surface area contributed by atoms with Gasteiger partial charge < -0.3 is 10.1 Å². The number of rotatable bonds is 4. The molecule has 0 unspecified atom stereocenters. The number of ether oxygens (including phenoxy) is 1. The predicted octanol–water partition coefficient (Wildman–Crippen LogP) is 2.60. The van der Waals surface area contributed by atoms with Gasteiger partial charge in [-0.3, -0.25) is 4.79 Å². The third-order valence-electron chi connectivity index (χ3n) is 3.88. The number of thiocarbonyl (C=S) groups is 1. The minimum atomic E-state index is -0.924. The van der Waals surface area contributed by atoms with E-state index < -0.39 is 17.5 Å². The Morgan fingerprint density at radius 2 is 2.18 bits per heavy atom. The molecule has 0 bridgehead atoms. The summed E-state index contributed by atoms with van der Waals surface area (Å²) >= 11 is 4.76. The van der Waals surface area contributed by atoms with Crippen LogP contribution in [-0.2, 0) is 16.1 Å². The Bertz CT molecular complexity index is 991. The van der Waals surface area contributed by atoms with Crippen molar-refractivity contribution in [2.24, 2.45) is 5.11 Å². The third kappa shape index (κ3) is 4.36. The van der Waals surface area contributed by atoms with E-state index in [9.17, 15) is 13.6 Å². The molecule has 0 radical (unpaired) electrons. The summed E-state index contributed by atoms with van der Waals surface area (Å²) in [6.45, 7) is 0.747. The Labute approximate surface area is 162 Å². The maximum absolute atomic E-state index is 14.5. The highest BCUT2D eigenvalue weighted by Gasteiger charge is 2.18. The van der Waals surface area contributed by atoms with Crippen LogP contribution in [0, 0.1) is 11.6 Å². The molecule has 0 saturated heterocycles. The van der Waals surface area contributed by atoms with Crippen molar-refractivity contribution in [3.05, 3.63) is 57.7 Å². The number of azide groups is 1. The van der Waals surface area contributed by atoms with E-state index in [1.54, 1.807) is 6.08 Å². The molecule has 0 atom stereocenters. The Balaban J connectivity index is 1.76. The van der Waals surface area contributed by atoms with Gasteiger partial charge >= 0.3 is 0 Å². The van der Waals surface area contributed by atoms with E-state index >= 15 is 0 Å². The second kappa shape index (κ2) is 8.65. The SMILES string of the molecule is [N-]=[N+]=NC(=O)C(=S)NCc1cn(-c2cc(F)c(C3=CCOCC3)c(F)c2)nn1. The molecule has 3 rings (SSSR count). The van der Waals surface area contributed by atoms with E-state index in [1.165, 1.54) is 10.9 Å². The molecule has 2 heterocycles. The quantitative estimate of drug-likeness (QED) is 0.362. The van der Waals surface area contributed by atoms with Crippen LogP contribution < -0.4 is 5.32 Å². The number of aromatic nitrogens is 3. The fraction of sp³-hybridized carbons (Fsp3) is 0.250. The van der Waals surface area contributed by atoms with E-state index in [0.29, 0.717) is 30.9 Å². The minimum Gasteiger partial charge on any atom is -0.377 e. The fourth-order valence-corrected chi connectivity index (χ4v) is 2.70. The van der Waals surface area contributed by atoms with Gasteiger partial charge in [0.15, 0.2) is 0 Å². The Kier molecular flexibility index (Phi) is 6.04. The van der Waals surface area contributed by atoms with E-state index in [-0.39, 0.29) is 22.8 Å². The van der Waals surface area contributed by atoms with Gasteiger partial charge in [0.05, 0.1) is 31.6 Å². The van der Waals surface area contributed by atoms with Crippen LogP contribution in [-0.4, -0.2) is 39.1 Å². The van der Waals surface area contributed by atoms with Crippen LogP contribution in [0.1, 0.15) is 17.7 Å². The fourth-order valence-electron chi connectivity index (χ4n) is 2.59. The highest BCUT2D eigenvalue weighted by molar-refractivity contribution is 7.82.